The van der Waals surface area contributed by atoms with Gasteiger partial charge in [0.15, 0.2) is 0 Å². The monoisotopic (exact) mass is 258 g/mol. The molecule has 1 atom stereocenters. The Morgan fingerprint density at radius 2 is 2.32 bits per heavy atom. The van der Waals surface area contributed by atoms with Crippen molar-refractivity contribution in [3.8, 4) is 0 Å². The van der Waals surface area contributed by atoms with Gasteiger partial charge in [0.2, 0.25) is 0 Å². The quantitative estimate of drug-likeness (QED) is 0.841. The fourth-order valence-electron chi connectivity index (χ4n) is 2.53. The number of carbonyl (C=O) groups excluding carboxylic acids is 1. The molecule has 2 aromatic heterocycles. The highest BCUT2D eigenvalue weighted by Crippen LogP contribution is 2.35. The van der Waals surface area contributed by atoms with Crippen molar-refractivity contribution in [3.05, 3.63) is 36.0 Å². The largest absolute Gasteiger partial charge is 0.365 e. The van der Waals surface area contributed by atoms with Gasteiger partial charge in [-0.3, -0.25) is 14.9 Å². The molecule has 19 heavy (non-hydrogen) atoms. The van der Waals surface area contributed by atoms with E-state index in [0.29, 0.717) is 5.56 Å². The van der Waals surface area contributed by atoms with Crippen molar-refractivity contribution >= 4 is 11.7 Å². The van der Waals surface area contributed by atoms with E-state index >= 15 is 0 Å². The summed E-state index contributed by atoms with van der Waals surface area (Å²) in [4.78, 5) is 21.9. The van der Waals surface area contributed by atoms with Crippen LogP contribution in [0.15, 0.2) is 24.8 Å². The normalized spacial score (nSPS) is 18.7. The summed E-state index contributed by atoms with van der Waals surface area (Å²) in [5, 5.41) is 6.82. The third-order valence-corrected chi connectivity index (χ3v) is 3.36. The van der Waals surface area contributed by atoms with E-state index in [1.807, 2.05) is 0 Å². The highest BCUT2D eigenvalue weighted by molar-refractivity contribution is 5.93. The fraction of sp³-hybridized carbons (Fsp3) is 0.333. The van der Waals surface area contributed by atoms with Crippen molar-refractivity contribution in [1.29, 1.82) is 0 Å². The first-order valence-electron chi connectivity index (χ1n) is 6.13. The van der Waals surface area contributed by atoms with Crippen LogP contribution in [0.3, 0.4) is 0 Å². The molecular weight excluding hydrogens is 244 g/mol. The molecule has 1 saturated heterocycles. The van der Waals surface area contributed by atoms with E-state index in [1.165, 1.54) is 6.20 Å². The lowest BCUT2D eigenvalue weighted by Crippen LogP contribution is -2.26. The number of nitrogens with two attached hydrogens (primary N) is 1. The van der Waals surface area contributed by atoms with Crippen LogP contribution in [0.2, 0.25) is 0 Å². The number of aromatic amines is 1. The molecule has 1 fully saturated rings. The number of primary amides is 1. The number of nitrogens with one attached hydrogen (secondary N) is 1. The van der Waals surface area contributed by atoms with E-state index in [-0.39, 0.29) is 6.04 Å². The number of hydrogen-bond donors (Lipinski definition) is 2. The highest BCUT2D eigenvalue weighted by atomic mass is 16.1. The number of hydrogen-bond acceptors (Lipinski definition) is 5. The predicted octanol–water partition coefficient (Wildman–Crippen LogP) is 0.640. The van der Waals surface area contributed by atoms with Crippen LogP contribution < -0.4 is 10.6 Å². The number of carbonyl (C=O) groups is 1. The molecule has 98 valence electrons. The van der Waals surface area contributed by atoms with Crippen molar-refractivity contribution in [2.75, 3.05) is 11.4 Å². The molecule has 1 aliphatic rings. The first-order chi connectivity index (χ1) is 9.27. The minimum absolute atomic E-state index is 0.0432. The third-order valence-electron chi connectivity index (χ3n) is 3.36. The number of aromatic nitrogens is 4. The van der Waals surface area contributed by atoms with Crippen LogP contribution >= 0.6 is 0 Å². The van der Waals surface area contributed by atoms with Crippen molar-refractivity contribution in [2.45, 2.75) is 18.9 Å². The number of amides is 1. The van der Waals surface area contributed by atoms with Crippen molar-refractivity contribution in [1.82, 2.24) is 20.2 Å². The second kappa shape index (κ2) is 4.68. The molecule has 1 unspecified atom stereocenters. The lowest BCUT2D eigenvalue weighted by atomic mass is 10.1. The average molecular weight is 258 g/mol. The van der Waals surface area contributed by atoms with Gasteiger partial charge in [0, 0.05) is 18.9 Å². The summed E-state index contributed by atoms with van der Waals surface area (Å²) < 4.78 is 0. The molecule has 0 aromatic carbocycles. The van der Waals surface area contributed by atoms with Gasteiger partial charge in [-0.05, 0) is 12.8 Å². The van der Waals surface area contributed by atoms with E-state index in [0.717, 1.165) is 30.9 Å². The molecule has 1 amide bonds. The van der Waals surface area contributed by atoms with E-state index in [2.05, 4.69) is 25.1 Å². The van der Waals surface area contributed by atoms with Crippen molar-refractivity contribution in [3.63, 3.8) is 0 Å². The Labute approximate surface area is 109 Å². The summed E-state index contributed by atoms with van der Waals surface area (Å²) in [5.41, 5.74) is 6.57. The maximum absolute atomic E-state index is 11.4. The Balaban J connectivity index is 1.96. The van der Waals surface area contributed by atoms with Gasteiger partial charge in [0.05, 0.1) is 29.7 Å². The molecular formula is C12H14N6O. The zero-order valence-corrected chi connectivity index (χ0v) is 10.3. The first kappa shape index (κ1) is 11.6. The Morgan fingerprint density at radius 3 is 3.05 bits per heavy atom. The van der Waals surface area contributed by atoms with Crippen LogP contribution in [0, 0.1) is 0 Å². The molecule has 3 rings (SSSR count). The van der Waals surface area contributed by atoms with Crippen molar-refractivity contribution < 1.29 is 4.79 Å². The molecule has 3 N–H and O–H groups in total. The summed E-state index contributed by atoms with van der Waals surface area (Å²) >= 11 is 0. The summed E-state index contributed by atoms with van der Waals surface area (Å²) in [6.45, 7) is 0.876. The highest BCUT2D eigenvalue weighted by Gasteiger charge is 2.31. The number of rotatable bonds is 3. The molecule has 0 bridgehead atoms. The van der Waals surface area contributed by atoms with E-state index in [9.17, 15) is 4.79 Å². The summed E-state index contributed by atoms with van der Waals surface area (Å²) in [7, 11) is 0. The van der Waals surface area contributed by atoms with E-state index in [4.69, 9.17) is 5.73 Å². The van der Waals surface area contributed by atoms with Crippen LogP contribution in [0.1, 0.15) is 34.9 Å². The zero-order chi connectivity index (χ0) is 13.2. The minimum Gasteiger partial charge on any atom is -0.365 e. The molecule has 3 heterocycles. The molecule has 2 aromatic rings. The standard InChI is InChI=1S/C12H14N6O/c13-12(19)8-6-16-17-11(8)9-2-1-5-18(9)10-7-14-3-4-15-10/h3-4,6-7,9H,1-2,5H2,(H2,13,19)(H,16,17). The summed E-state index contributed by atoms with van der Waals surface area (Å²) in [6.07, 6.45) is 8.45. The first-order valence-corrected chi connectivity index (χ1v) is 6.13. The van der Waals surface area contributed by atoms with Gasteiger partial charge >= 0.3 is 0 Å². The van der Waals surface area contributed by atoms with Crippen molar-refractivity contribution in [2.24, 2.45) is 5.73 Å². The smallest absolute Gasteiger partial charge is 0.252 e. The van der Waals surface area contributed by atoms with Gasteiger partial charge in [-0.1, -0.05) is 0 Å². The Kier molecular flexibility index (Phi) is 2.86. The average Bonchev–Trinajstić information content (AvgIpc) is 3.08. The second-order valence-corrected chi connectivity index (χ2v) is 4.48. The molecule has 0 saturated carbocycles. The van der Waals surface area contributed by atoms with Gasteiger partial charge < -0.3 is 10.6 Å². The van der Waals surface area contributed by atoms with Crippen LogP contribution in [0.5, 0.6) is 0 Å². The van der Waals surface area contributed by atoms with E-state index in [1.54, 1.807) is 18.6 Å². The maximum atomic E-state index is 11.4. The van der Waals surface area contributed by atoms with Gasteiger partial charge in [-0.25, -0.2) is 4.98 Å². The number of anilines is 1. The van der Waals surface area contributed by atoms with Gasteiger partial charge in [-0.2, -0.15) is 5.10 Å². The predicted molar refractivity (Wildman–Crippen MR) is 68.5 cm³/mol. The summed E-state index contributed by atoms with van der Waals surface area (Å²) in [5.74, 6) is 0.338. The maximum Gasteiger partial charge on any atom is 0.252 e. The third kappa shape index (κ3) is 2.03. The Bertz CT molecular complexity index is 581. The van der Waals surface area contributed by atoms with Crippen LogP contribution in [0.25, 0.3) is 0 Å². The Morgan fingerprint density at radius 1 is 1.42 bits per heavy atom. The van der Waals surface area contributed by atoms with E-state index < -0.39 is 5.91 Å². The van der Waals surface area contributed by atoms with Crippen LogP contribution in [-0.4, -0.2) is 32.6 Å². The zero-order valence-electron chi connectivity index (χ0n) is 10.3. The SMILES string of the molecule is NC(=O)c1cn[nH]c1C1CCCN1c1cnccn1. The molecule has 0 radical (unpaired) electrons. The number of H-pyrrole nitrogens is 1. The Hall–Kier alpha value is -2.44. The molecule has 1 aliphatic heterocycles. The molecule has 7 nitrogen and oxygen atoms in total. The molecule has 7 heteroatoms. The number of nitrogens with zero attached hydrogens (tertiary/aromatic N) is 4. The van der Waals surface area contributed by atoms with Crippen LogP contribution in [-0.2, 0) is 0 Å². The lowest BCUT2D eigenvalue weighted by molar-refractivity contribution is 0.0999. The summed E-state index contributed by atoms with van der Waals surface area (Å²) in [6, 6.07) is 0.0432. The topological polar surface area (TPSA) is 101 Å². The van der Waals surface area contributed by atoms with Gasteiger partial charge in [0.25, 0.3) is 5.91 Å². The second-order valence-electron chi connectivity index (χ2n) is 4.48. The lowest BCUT2D eigenvalue weighted by Gasteiger charge is -2.24. The van der Waals surface area contributed by atoms with Gasteiger partial charge in [0.1, 0.15) is 5.82 Å². The fourth-order valence-corrected chi connectivity index (χ4v) is 2.53. The molecule has 0 spiro atoms. The van der Waals surface area contributed by atoms with Crippen LogP contribution in [0.4, 0.5) is 5.82 Å². The molecule has 0 aliphatic carbocycles. The minimum atomic E-state index is -0.463. The van der Waals surface area contributed by atoms with Gasteiger partial charge in [-0.15, -0.1) is 0 Å².